The summed E-state index contributed by atoms with van der Waals surface area (Å²) in [7, 11) is 0. The van der Waals surface area contributed by atoms with Gasteiger partial charge in [-0.1, -0.05) is 4.49 Å². The number of halogens is 3. The lowest BCUT2D eigenvalue weighted by Gasteiger charge is -2.08. The summed E-state index contributed by atoms with van der Waals surface area (Å²) in [6.07, 6.45) is -4.45. The molecule has 1 N–H and O–H groups in total. The first kappa shape index (κ1) is 16.4. The first-order chi connectivity index (χ1) is 11.3. The van der Waals surface area contributed by atoms with Crippen LogP contribution in [0.25, 0.3) is 5.69 Å². The quantitative estimate of drug-likeness (QED) is 0.771. The van der Waals surface area contributed by atoms with Gasteiger partial charge >= 0.3 is 6.18 Å². The SMILES string of the molecule is Cc1nnsc1CNc1ccc(-n2nc(C(F)(F)F)cc2C)cc1. The van der Waals surface area contributed by atoms with Gasteiger partial charge in [0.15, 0.2) is 5.69 Å². The number of hydrogen-bond donors (Lipinski definition) is 1. The summed E-state index contributed by atoms with van der Waals surface area (Å²) in [6.45, 7) is 4.08. The van der Waals surface area contributed by atoms with Crippen LogP contribution in [0.3, 0.4) is 0 Å². The average Bonchev–Trinajstić information content (AvgIpc) is 3.11. The van der Waals surface area contributed by atoms with Crippen molar-refractivity contribution >= 4 is 17.2 Å². The Balaban J connectivity index is 1.75. The van der Waals surface area contributed by atoms with Crippen LogP contribution in [-0.2, 0) is 12.7 Å². The van der Waals surface area contributed by atoms with Crippen LogP contribution in [0.2, 0.25) is 0 Å². The van der Waals surface area contributed by atoms with Crippen LogP contribution >= 0.6 is 11.5 Å². The van der Waals surface area contributed by atoms with Crippen molar-refractivity contribution in [3.63, 3.8) is 0 Å². The topological polar surface area (TPSA) is 55.6 Å². The Morgan fingerprint density at radius 2 is 1.88 bits per heavy atom. The first-order valence-corrected chi connectivity index (χ1v) is 7.88. The molecule has 126 valence electrons. The maximum atomic E-state index is 12.7. The number of benzene rings is 1. The lowest BCUT2D eigenvalue weighted by molar-refractivity contribution is -0.141. The Hall–Kier alpha value is -2.42. The van der Waals surface area contributed by atoms with Crippen molar-refractivity contribution < 1.29 is 13.2 Å². The maximum Gasteiger partial charge on any atom is 0.435 e. The number of nitrogens with zero attached hydrogens (tertiary/aromatic N) is 4. The average molecular weight is 353 g/mol. The van der Waals surface area contributed by atoms with Gasteiger partial charge in [0.1, 0.15) is 0 Å². The minimum atomic E-state index is -4.45. The molecule has 0 fully saturated rings. The normalized spacial score (nSPS) is 11.7. The van der Waals surface area contributed by atoms with Gasteiger partial charge in [-0.2, -0.15) is 18.3 Å². The number of aromatic nitrogens is 4. The standard InChI is InChI=1S/C15H14F3N5S/c1-9-7-14(15(16,17)18)21-23(9)12-5-3-11(4-6-12)19-8-13-10(2)20-22-24-13/h3-7,19H,8H2,1-2H3. The molecule has 5 nitrogen and oxygen atoms in total. The summed E-state index contributed by atoms with van der Waals surface area (Å²) < 4.78 is 43.3. The summed E-state index contributed by atoms with van der Waals surface area (Å²) in [5.41, 5.74) is 1.84. The minimum Gasteiger partial charge on any atom is -0.380 e. The molecule has 0 amide bonds. The monoisotopic (exact) mass is 353 g/mol. The molecule has 2 heterocycles. The smallest absolute Gasteiger partial charge is 0.380 e. The fourth-order valence-corrected chi connectivity index (χ4v) is 2.76. The Morgan fingerprint density at radius 1 is 1.17 bits per heavy atom. The molecular weight excluding hydrogens is 339 g/mol. The number of hydrogen-bond acceptors (Lipinski definition) is 5. The summed E-state index contributed by atoms with van der Waals surface area (Å²) in [5, 5.41) is 10.8. The minimum absolute atomic E-state index is 0.425. The van der Waals surface area contributed by atoms with Gasteiger partial charge in [0.25, 0.3) is 0 Å². The molecule has 1 aromatic carbocycles. The van der Waals surface area contributed by atoms with Gasteiger partial charge < -0.3 is 5.32 Å². The zero-order valence-electron chi connectivity index (χ0n) is 12.9. The Bertz CT molecular complexity index is 836. The van der Waals surface area contributed by atoms with E-state index in [-0.39, 0.29) is 0 Å². The van der Waals surface area contributed by atoms with Crippen LogP contribution in [-0.4, -0.2) is 19.4 Å². The van der Waals surface area contributed by atoms with Gasteiger partial charge in [-0.15, -0.1) is 5.10 Å². The fraction of sp³-hybridized carbons (Fsp3) is 0.267. The van der Waals surface area contributed by atoms with Crippen LogP contribution in [0.4, 0.5) is 18.9 Å². The number of anilines is 1. The Kier molecular flexibility index (Phi) is 4.27. The van der Waals surface area contributed by atoms with Crippen molar-refractivity contribution in [3.05, 3.63) is 52.3 Å². The number of rotatable bonds is 4. The van der Waals surface area contributed by atoms with E-state index in [4.69, 9.17) is 0 Å². The zero-order valence-corrected chi connectivity index (χ0v) is 13.7. The van der Waals surface area contributed by atoms with E-state index in [1.165, 1.54) is 16.2 Å². The number of aryl methyl sites for hydroxylation is 2. The van der Waals surface area contributed by atoms with Gasteiger partial charge in [0.2, 0.25) is 0 Å². The van der Waals surface area contributed by atoms with Crippen molar-refractivity contribution in [1.29, 1.82) is 0 Å². The highest BCUT2D eigenvalue weighted by Crippen LogP contribution is 2.29. The Morgan fingerprint density at radius 3 is 2.42 bits per heavy atom. The second-order valence-electron chi connectivity index (χ2n) is 5.26. The molecule has 0 aliphatic heterocycles. The van der Waals surface area contributed by atoms with Crippen molar-refractivity contribution in [1.82, 2.24) is 19.4 Å². The second-order valence-corrected chi connectivity index (χ2v) is 6.10. The summed E-state index contributed by atoms with van der Waals surface area (Å²) in [4.78, 5) is 1.04. The molecule has 24 heavy (non-hydrogen) atoms. The van der Waals surface area contributed by atoms with E-state index in [2.05, 4.69) is 20.0 Å². The van der Waals surface area contributed by atoms with Gasteiger partial charge in [0.05, 0.1) is 22.8 Å². The summed E-state index contributed by atoms with van der Waals surface area (Å²) >= 11 is 1.33. The highest BCUT2D eigenvalue weighted by atomic mass is 32.1. The highest BCUT2D eigenvalue weighted by Gasteiger charge is 2.34. The molecule has 0 aliphatic rings. The first-order valence-electron chi connectivity index (χ1n) is 7.10. The number of nitrogens with one attached hydrogen (secondary N) is 1. The van der Waals surface area contributed by atoms with E-state index >= 15 is 0 Å². The van der Waals surface area contributed by atoms with E-state index in [0.717, 1.165) is 22.3 Å². The lowest BCUT2D eigenvalue weighted by Crippen LogP contribution is -2.07. The molecule has 0 atom stereocenters. The van der Waals surface area contributed by atoms with Crippen molar-refractivity contribution in [2.75, 3.05) is 5.32 Å². The zero-order chi connectivity index (χ0) is 17.3. The third kappa shape index (κ3) is 3.40. The molecule has 0 unspecified atom stereocenters. The second kappa shape index (κ2) is 6.23. The van der Waals surface area contributed by atoms with Crippen LogP contribution in [0.1, 0.15) is 22.0 Å². The molecule has 2 aromatic heterocycles. The summed E-state index contributed by atoms with van der Waals surface area (Å²) in [6, 6.07) is 8.08. The molecule has 0 bridgehead atoms. The predicted molar refractivity (Wildman–Crippen MR) is 85.3 cm³/mol. The van der Waals surface area contributed by atoms with Gasteiger partial charge in [-0.05, 0) is 55.7 Å². The largest absolute Gasteiger partial charge is 0.435 e. The molecule has 0 spiro atoms. The van der Waals surface area contributed by atoms with Crippen molar-refractivity contribution in [2.24, 2.45) is 0 Å². The highest BCUT2D eigenvalue weighted by molar-refractivity contribution is 7.05. The molecular formula is C15H14F3N5S. The summed E-state index contributed by atoms with van der Waals surface area (Å²) in [5.74, 6) is 0. The van der Waals surface area contributed by atoms with E-state index in [1.807, 2.05) is 6.92 Å². The lowest BCUT2D eigenvalue weighted by atomic mass is 10.2. The molecule has 9 heteroatoms. The van der Waals surface area contributed by atoms with Crippen molar-refractivity contribution in [3.8, 4) is 5.69 Å². The molecule has 0 saturated heterocycles. The molecule has 3 aromatic rings. The third-order valence-corrected chi connectivity index (χ3v) is 4.31. The van der Waals surface area contributed by atoms with E-state index in [0.29, 0.717) is 17.9 Å². The van der Waals surface area contributed by atoms with Crippen LogP contribution in [0, 0.1) is 13.8 Å². The van der Waals surface area contributed by atoms with Crippen molar-refractivity contribution in [2.45, 2.75) is 26.6 Å². The number of alkyl halides is 3. The molecule has 3 rings (SSSR count). The van der Waals surface area contributed by atoms with Crippen LogP contribution in [0.15, 0.2) is 30.3 Å². The molecule has 0 saturated carbocycles. The maximum absolute atomic E-state index is 12.7. The van der Waals surface area contributed by atoms with E-state index in [1.54, 1.807) is 31.2 Å². The van der Waals surface area contributed by atoms with Gasteiger partial charge in [-0.25, -0.2) is 4.68 Å². The fourth-order valence-electron chi connectivity index (χ4n) is 2.19. The van der Waals surface area contributed by atoms with Gasteiger partial charge in [0, 0.05) is 11.4 Å². The van der Waals surface area contributed by atoms with Crippen LogP contribution in [0.5, 0.6) is 0 Å². The third-order valence-electron chi connectivity index (χ3n) is 3.49. The van der Waals surface area contributed by atoms with E-state index in [9.17, 15) is 13.2 Å². The van der Waals surface area contributed by atoms with Crippen LogP contribution < -0.4 is 5.32 Å². The van der Waals surface area contributed by atoms with Gasteiger partial charge in [-0.3, -0.25) is 0 Å². The Labute approximate surface area is 140 Å². The predicted octanol–water partition coefficient (Wildman–Crippen LogP) is 3.97. The van der Waals surface area contributed by atoms with E-state index < -0.39 is 11.9 Å². The molecule has 0 radical (unpaired) electrons. The molecule has 0 aliphatic carbocycles.